The molecule has 4 aliphatic carbocycles. The molecular formula is C25H42O5. The van der Waals surface area contributed by atoms with Crippen molar-refractivity contribution in [2.75, 3.05) is 7.11 Å². The Bertz CT molecular complexity index is 651. The summed E-state index contributed by atoms with van der Waals surface area (Å²) in [6.45, 7) is 6.85. The Morgan fingerprint density at radius 3 is 2.50 bits per heavy atom. The number of esters is 1. The molecule has 5 nitrogen and oxygen atoms in total. The second-order valence-electron chi connectivity index (χ2n) is 11.6. The van der Waals surface area contributed by atoms with Crippen molar-refractivity contribution in [1.29, 1.82) is 0 Å². The molecule has 4 rings (SSSR count). The molecule has 0 aromatic carbocycles. The van der Waals surface area contributed by atoms with E-state index in [0.717, 1.165) is 51.4 Å². The van der Waals surface area contributed by atoms with Gasteiger partial charge in [-0.05, 0) is 97.7 Å². The van der Waals surface area contributed by atoms with E-state index < -0.39 is 0 Å². The van der Waals surface area contributed by atoms with Gasteiger partial charge in [-0.1, -0.05) is 20.8 Å². The Balaban J connectivity index is 1.58. The highest BCUT2D eigenvalue weighted by Crippen LogP contribution is 2.68. The third-order valence-corrected chi connectivity index (χ3v) is 10.6. The van der Waals surface area contributed by atoms with Crippen molar-refractivity contribution in [1.82, 2.24) is 0 Å². The third-order valence-electron chi connectivity index (χ3n) is 10.6. The lowest BCUT2D eigenvalue weighted by Gasteiger charge is -2.63. The molecule has 3 N–H and O–H groups in total. The standard InChI is InChI=1S/C25H42O5/c1-14(5-8-22(29)30-4)17-6-7-18-23-19(13-21(28)25(17,18)3)24(2)10-9-16(26)11-15(24)12-20(23)27/h14-21,23,26-28H,5-13H2,1-4H3/t14?,15-,16+,17?,18-,19?,20?,21?,23-,24?,25?/m0/s1. The minimum absolute atomic E-state index is 0.111. The van der Waals surface area contributed by atoms with Crippen LogP contribution < -0.4 is 0 Å². The van der Waals surface area contributed by atoms with Gasteiger partial charge < -0.3 is 20.1 Å². The van der Waals surface area contributed by atoms with Crippen LogP contribution in [0, 0.1) is 46.3 Å². The number of hydrogen-bond acceptors (Lipinski definition) is 5. The molecule has 5 heteroatoms. The SMILES string of the molecule is COC(=O)CCC(C)C1CC[C@H]2[C@@H]3C(O)C[C@@H]4C[C@H](O)CCC4(C)C3CC(O)C12C. The van der Waals surface area contributed by atoms with E-state index in [4.69, 9.17) is 4.74 Å². The predicted molar refractivity (Wildman–Crippen MR) is 114 cm³/mol. The van der Waals surface area contributed by atoms with Gasteiger partial charge in [-0.15, -0.1) is 0 Å². The molecule has 0 spiro atoms. The largest absolute Gasteiger partial charge is 0.469 e. The number of carbonyl (C=O) groups is 1. The van der Waals surface area contributed by atoms with Crippen LogP contribution >= 0.6 is 0 Å². The number of hydrogen-bond donors (Lipinski definition) is 3. The molecule has 4 saturated carbocycles. The van der Waals surface area contributed by atoms with Crippen molar-refractivity contribution < 1.29 is 24.9 Å². The second-order valence-corrected chi connectivity index (χ2v) is 11.6. The van der Waals surface area contributed by atoms with E-state index >= 15 is 0 Å². The van der Waals surface area contributed by atoms with Crippen molar-refractivity contribution in [3.05, 3.63) is 0 Å². The highest BCUT2D eigenvalue weighted by molar-refractivity contribution is 5.69. The molecule has 4 aliphatic rings. The van der Waals surface area contributed by atoms with Crippen LogP contribution in [0.15, 0.2) is 0 Å². The van der Waals surface area contributed by atoms with Crippen LogP contribution in [0.3, 0.4) is 0 Å². The molecule has 4 fully saturated rings. The van der Waals surface area contributed by atoms with Crippen molar-refractivity contribution in [3.63, 3.8) is 0 Å². The first-order valence-corrected chi connectivity index (χ1v) is 12.2. The van der Waals surface area contributed by atoms with Gasteiger partial charge in [0, 0.05) is 6.42 Å². The van der Waals surface area contributed by atoms with Crippen LogP contribution in [0.1, 0.15) is 78.6 Å². The first-order valence-electron chi connectivity index (χ1n) is 12.2. The van der Waals surface area contributed by atoms with Crippen molar-refractivity contribution in [2.45, 2.75) is 96.9 Å². The number of aliphatic hydroxyl groups is 3. The molecule has 0 amide bonds. The van der Waals surface area contributed by atoms with E-state index in [1.807, 2.05) is 0 Å². The summed E-state index contributed by atoms with van der Waals surface area (Å²) in [4.78, 5) is 11.7. The minimum Gasteiger partial charge on any atom is -0.469 e. The summed E-state index contributed by atoms with van der Waals surface area (Å²) in [5, 5.41) is 33.1. The normalized spacial score (nSPS) is 51.4. The average molecular weight is 423 g/mol. The van der Waals surface area contributed by atoms with Crippen molar-refractivity contribution in [2.24, 2.45) is 46.3 Å². The molecule has 7 unspecified atom stereocenters. The first-order chi connectivity index (χ1) is 14.1. The van der Waals surface area contributed by atoms with Gasteiger partial charge >= 0.3 is 5.97 Å². The number of carbonyl (C=O) groups excluding carboxylic acids is 1. The number of methoxy groups -OCH3 is 1. The summed E-state index contributed by atoms with van der Waals surface area (Å²) in [5.41, 5.74) is -0.0882. The third kappa shape index (κ3) is 3.34. The summed E-state index contributed by atoms with van der Waals surface area (Å²) in [5.74, 6) is 1.81. The monoisotopic (exact) mass is 422 g/mol. The highest BCUT2D eigenvalue weighted by atomic mass is 16.5. The molecule has 11 atom stereocenters. The minimum atomic E-state index is -0.369. The maximum atomic E-state index is 11.7. The zero-order chi connectivity index (χ0) is 21.8. The van der Waals surface area contributed by atoms with Crippen molar-refractivity contribution in [3.8, 4) is 0 Å². The molecular weight excluding hydrogens is 380 g/mol. The Morgan fingerprint density at radius 2 is 1.80 bits per heavy atom. The average Bonchev–Trinajstić information content (AvgIpc) is 3.06. The lowest BCUT2D eigenvalue weighted by Crippen LogP contribution is -2.62. The smallest absolute Gasteiger partial charge is 0.305 e. The topological polar surface area (TPSA) is 87.0 Å². The van der Waals surface area contributed by atoms with Crippen LogP contribution in [0.2, 0.25) is 0 Å². The molecule has 0 saturated heterocycles. The van der Waals surface area contributed by atoms with E-state index in [1.54, 1.807) is 0 Å². The van der Waals surface area contributed by atoms with Crippen LogP contribution in [-0.2, 0) is 9.53 Å². The number of fused-ring (bicyclic) bond motifs is 5. The molecule has 30 heavy (non-hydrogen) atoms. The van der Waals surface area contributed by atoms with Gasteiger partial charge in [0.15, 0.2) is 0 Å². The summed E-state index contributed by atoms with van der Waals surface area (Å²) in [6, 6.07) is 0. The second kappa shape index (κ2) is 8.04. The number of aliphatic hydroxyl groups excluding tert-OH is 3. The van der Waals surface area contributed by atoms with E-state index in [0.29, 0.717) is 36.0 Å². The fourth-order valence-corrected chi connectivity index (χ4v) is 8.78. The molecule has 0 aromatic heterocycles. The van der Waals surface area contributed by atoms with Gasteiger partial charge in [0.2, 0.25) is 0 Å². The van der Waals surface area contributed by atoms with Gasteiger partial charge in [-0.25, -0.2) is 0 Å². The predicted octanol–water partition coefficient (Wildman–Crippen LogP) is 3.54. The van der Waals surface area contributed by atoms with Crippen LogP contribution in [-0.4, -0.2) is 46.7 Å². The number of ether oxygens (including phenoxy) is 1. The summed E-state index contributed by atoms with van der Waals surface area (Å²) in [6.07, 6.45) is 6.60. The quantitative estimate of drug-likeness (QED) is 0.603. The van der Waals surface area contributed by atoms with Gasteiger partial charge in [0.1, 0.15) is 0 Å². The zero-order valence-electron chi connectivity index (χ0n) is 19.2. The Kier molecular flexibility index (Phi) is 6.04. The number of rotatable bonds is 4. The zero-order valence-corrected chi connectivity index (χ0v) is 19.2. The lowest BCUT2D eigenvalue weighted by atomic mass is 9.43. The fourth-order valence-electron chi connectivity index (χ4n) is 8.78. The molecule has 172 valence electrons. The summed E-state index contributed by atoms with van der Waals surface area (Å²) in [7, 11) is 1.44. The van der Waals surface area contributed by atoms with Crippen LogP contribution in [0.5, 0.6) is 0 Å². The van der Waals surface area contributed by atoms with Crippen LogP contribution in [0.25, 0.3) is 0 Å². The Labute approximate surface area is 181 Å². The summed E-state index contributed by atoms with van der Waals surface area (Å²) < 4.78 is 4.83. The van der Waals surface area contributed by atoms with Gasteiger partial charge in [0.25, 0.3) is 0 Å². The van der Waals surface area contributed by atoms with E-state index in [1.165, 1.54) is 7.11 Å². The Morgan fingerprint density at radius 1 is 1.07 bits per heavy atom. The van der Waals surface area contributed by atoms with E-state index in [2.05, 4.69) is 20.8 Å². The molecule has 0 heterocycles. The highest BCUT2D eigenvalue weighted by Gasteiger charge is 2.65. The maximum Gasteiger partial charge on any atom is 0.305 e. The Hall–Kier alpha value is -0.650. The van der Waals surface area contributed by atoms with Gasteiger partial charge in [0.05, 0.1) is 25.4 Å². The molecule has 0 aromatic rings. The fraction of sp³-hybridized carbons (Fsp3) is 0.960. The first kappa shape index (κ1) is 22.5. The van der Waals surface area contributed by atoms with E-state index in [9.17, 15) is 20.1 Å². The van der Waals surface area contributed by atoms with Crippen molar-refractivity contribution >= 4 is 5.97 Å². The molecule has 0 radical (unpaired) electrons. The molecule has 0 aliphatic heterocycles. The molecule has 0 bridgehead atoms. The van der Waals surface area contributed by atoms with Gasteiger partial charge in [-0.3, -0.25) is 4.79 Å². The van der Waals surface area contributed by atoms with Gasteiger partial charge in [-0.2, -0.15) is 0 Å². The van der Waals surface area contributed by atoms with E-state index in [-0.39, 0.29) is 41.0 Å². The van der Waals surface area contributed by atoms with Crippen LogP contribution in [0.4, 0.5) is 0 Å². The lowest BCUT2D eigenvalue weighted by molar-refractivity contribution is -0.207. The maximum absolute atomic E-state index is 11.7. The summed E-state index contributed by atoms with van der Waals surface area (Å²) >= 11 is 0.